The average molecular weight is 285 g/mol. The molecule has 7 heteroatoms. The van der Waals surface area contributed by atoms with E-state index in [9.17, 15) is 18.0 Å². The molecule has 0 aliphatic rings. The second-order valence-electron chi connectivity index (χ2n) is 4.34. The summed E-state index contributed by atoms with van der Waals surface area (Å²) in [6, 6.07) is 4.64. The van der Waals surface area contributed by atoms with Gasteiger partial charge < -0.3 is 11.1 Å². The van der Waals surface area contributed by atoms with Crippen LogP contribution in [0.25, 0.3) is 0 Å². The van der Waals surface area contributed by atoms with Gasteiger partial charge in [0.05, 0.1) is 22.9 Å². The van der Waals surface area contributed by atoms with Gasteiger partial charge in [0, 0.05) is 5.92 Å². The highest BCUT2D eigenvalue weighted by Gasteiger charge is 2.34. The number of rotatable bonds is 4. The van der Waals surface area contributed by atoms with E-state index in [0.29, 0.717) is 12.5 Å². The van der Waals surface area contributed by atoms with Crippen LogP contribution in [0, 0.1) is 17.2 Å². The number of nitriles is 1. The van der Waals surface area contributed by atoms with Gasteiger partial charge in [-0.05, 0) is 31.2 Å². The summed E-state index contributed by atoms with van der Waals surface area (Å²) in [4.78, 5) is 11.7. The monoisotopic (exact) mass is 285 g/mol. The zero-order chi connectivity index (χ0) is 15.3. The minimum Gasteiger partial charge on any atom is -0.330 e. The number of nitrogens with one attached hydrogen (secondary N) is 1. The van der Waals surface area contributed by atoms with E-state index in [1.54, 1.807) is 13.0 Å². The molecule has 0 saturated heterocycles. The fraction of sp³-hybridized carbons (Fsp3) is 0.385. The van der Waals surface area contributed by atoms with Crippen molar-refractivity contribution in [2.75, 3.05) is 11.9 Å². The highest BCUT2D eigenvalue weighted by atomic mass is 19.4. The number of carbonyl (C=O) groups excluding carboxylic acids is 1. The lowest BCUT2D eigenvalue weighted by Crippen LogP contribution is -2.24. The molecule has 0 bridgehead atoms. The first kappa shape index (κ1) is 16.0. The Balaban J connectivity index is 3.07. The van der Waals surface area contributed by atoms with Crippen LogP contribution in [-0.4, -0.2) is 12.5 Å². The lowest BCUT2D eigenvalue weighted by Gasteiger charge is -2.16. The summed E-state index contributed by atoms with van der Waals surface area (Å²) in [6.07, 6.45) is -4.27. The third kappa shape index (κ3) is 3.96. The molecule has 3 N–H and O–H groups in total. The van der Waals surface area contributed by atoms with Crippen molar-refractivity contribution in [2.45, 2.75) is 19.5 Å². The van der Waals surface area contributed by atoms with E-state index in [0.717, 1.165) is 6.07 Å². The second kappa shape index (κ2) is 6.39. The van der Waals surface area contributed by atoms with E-state index in [1.807, 2.05) is 0 Å². The number of carbonyl (C=O) groups is 1. The van der Waals surface area contributed by atoms with Crippen LogP contribution in [0.15, 0.2) is 18.2 Å². The first-order valence-electron chi connectivity index (χ1n) is 5.92. The van der Waals surface area contributed by atoms with Gasteiger partial charge in [0.1, 0.15) is 0 Å². The first-order valence-corrected chi connectivity index (χ1v) is 5.92. The molecule has 0 aliphatic heterocycles. The molecule has 0 heterocycles. The Hall–Kier alpha value is -2.07. The molecule has 1 amide bonds. The van der Waals surface area contributed by atoms with Crippen molar-refractivity contribution in [3.8, 4) is 6.07 Å². The van der Waals surface area contributed by atoms with Crippen molar-refractivity contribution >= 4 is 11.6 Å². The normalized spacial score (nSPS) is 12.6. The van der Waals surface area contributed by atoms with Crippen molar-refractivity contribution in [2.24, 2.45) is 11.7 Å². The minimum atomic E-state index is -4.65. The maximum Gasteiger partial charge on any atom is 0.418 e. The number of alkyl halides is 3. The van der Waals surface area contributed by atoms with Crippen LogP contribution >= 0.6 is 0 Å². The molecule has 0 saturated carbocycles. The van der Waals surface area contributed by atoms with Gasteiger partial charge in [0.25, 0.3) is 0 Å². The van der Waals surface area contributed by atoms with Crippen molar-refractivity contribution < 1.29 is 18.0 Å². The Morgan fingerprint density at radius 3 is 2.65 bits per heavy atom. The molecule has 1 aromatic carbocycles. The highest BCUT2D eigenvalue weighted by Crippen LogP contribution is 2.35. The third-order valence-electron chi connectivity index (χ3n) is 2.76. The lowest BCUT2D eigenvalue weighted by molar-refractivity contribution is -0.137. The smallest absolute Gasteiger partial charge is 0.330 e. The maximum absolute atomic E-state index is 12.9. The zero-order valence-corrected chi connectivity index (χ0v) is 10.8. The summed E-state index contributed by atoms with van der Waals surface area (Å²) in [6.45, 7) is 1.85. The Morgan fingerprint density at radius 1 is 1.50 bits per heavy atom. The predicted octanol–water partition coefficient (Wildman–Crippen LogP) is 2.50. The van der Waals surface area contributed by atoms with Gasteiger partial charge in [0.2, 0.25) is 5.91 Å². The number of hydrogen-bond donors (Lipinski definition) is 2. The van der Waals surface area contributed by atoms with E-state index >= 15 is 0 Å². The number of halogens is 3. The Kier molecular flexibility index (Phi) is 5.11. The number of amides is 1. The van der Waals surface area contributed by atoms with Gasteiger partial charge in [-0.15, -0.1) is 0 Å². The molecule has 1 unspecified atom stereocenters. The first-order chi connectivity index (χ1) is 9.29. The Bertz CT molecular complexity index is 535. The molecule has 108 valence electrons. The van der Waals surface area contributed by atoms with Crippen LogP contribution < -0.4 is 11.1 Å². The molecule has 4 nitrogen and oxygen atoms in total. The van der Waals surface area contributed by atoms with Gasteiger partial charge in [0.15, 0.2) is 0 Å². The number of nitrogens with two attached hydrogens (primary N) is 1. The van der Waals surface area contributed by atoms with Gasteiger partial charge in [-0.1, -0.05) is 6.92 Å². The lowest BCUT2D eigenvalue weighted by atomic mass is 10.1. The standard InChI is InChI=1S/C13H14F3N3O/c1-8(4-5-17)12(20)19-11-3-2-9(7-18)6-10(11)13(14,15)16/h2-3,6,8H,4-5,17H2,1H3,(H,19,20). The van der Waals surface area contributed by atoms with Crippen molar-refractivity contribution in [3.63, 3.8) is 0 Å². The van der Waals surface area contributed by atoms with E-state index < -0.39 is 23.6 Å². The van der Waals surface area contributed by atoms with Crippen molar-refractivity contribution in [1.82, 2.24) is 0 Å². The van der Waals surface area contributed by atoms with Crippen LogP contribution in [0.4, 0.5) is 18.9 Å². The van der Waals surface area contributed by atoms with Crippen LogP contribution in [0.1, 0.15) is 24.5 Å². The predicted molar refractivity (Wildman–Crippen MR) is 67.6 cm³/mol. The van der Waals surface area contributed by atoms with E-state index in [4.69, 9.17) is 11.0 Å². The number of benzene rings is 1. The van der Waals surface area contributed by atoms with Crippen LogP contribution in [0.2, 0.25) is 0 Å². The molecular weight excluding hydrogens is 271 g/mol. The molecule has 20 heavy (non-hydrogen) atoms. The topological polar surface area (TPSA) is 78.9 Å². The van der Waals surface area contributed by atoms with Crippen LogP contribution in [-0.2, 0) is 11.0 Å². The largest absolute Gasteiger partial charge is 0.418 e. The fourth-order valence-corrected chi connectivity index (χ4v) is 1.59. The third-order valence-corrected chi connectivity index (χ3v) is 2.76. The molecule has 0 aliphatic carbocycles. The highest BCUT2D eigenvalue weighted by molar-refractivity contribution is 5.93. The average Bonchev–Trinajstić information content (AvgIpc) is 2.38. The number of hydrogen-bond acceptors (Lipinski definition) is 3. The Morgan fingerprint density at radius 2 is 2.15 bits per heavy atom. The van der Waals surface area contributed by atoms with Gasteiger partial charge in [-0.3, -0.25) is 4.79 Å². The maximum atomic E-state index is 12.9. The summed E-state index contributed by atoms with van der Waals surface area (Å²) in [5, 5.41) is 10.9. The molecule has 0 aromatic heterocycles. The van der Waals surface area contributed by atoms with Gasteiger partial charge in [-0.25, -0.2) is 0 Å². The van der Waals surface area contributed by atoms with Crippen LogP contribution in [0.5, 0.6) is 0 Å². The molecule has 1 atom stereocenters. The Labute approximate surface area is 114 Å². The molecule has 0 spiro atoms. The van der Waals surface area contributed by atoms with E-state index in [-0.39, 0.29) is 17.8 Å². The molecule has 1 rings (SSSR count). The van der Waals surface area contributed by atoms with Gasteiger partial charge in [-0.2, -0.15) is 18.4 Å². The van der Waals surface area contributed by atoms with Gasteiger partial charge >= 0.3 is 6.18 Å². The zero-order valence-electron chi connectivity index (χ0n) is 10.8. The molecule has 1 aromatic rings. The SMILES string of the molecule is CC(CCN)C(=O)Nc1ccc(C#N)cc1C(F)(F)F. The molecular formula is C13H14F3N3O. The summed E-state index contributed by atoms with van der Waals surface area (Å²) < 4.78 is 38.7. The molecule has 0 radical (unpaired) electrons. The molecule has 0 fully saturated rings. The van der Waals surface area contributed by atoms with Crippen LogP contribution in [0.3, 0.4) is 0 Å². The van der Waals surface area contributed by atoms with Crippen molar-refractivity contribution in [1.29, 1.82) is 5.26 Å². The van der Waals surface area contributed by atoms with E-state index in [2.05, 4.69) is 5.32 Å². The summed E-state index contributed by atoms with van der Waals surface area (Å²) in [5.74, 6) is -1.03. The quantitative estimate of drug-likeness (QED) is 0.892. The minimum absolute atomic E-state index is 0.120. The fourth-order valence-electron chi connectivity index (χ4n) is 1.59. The number of nitrogens with zero attached hydrogens (tertiary/aromatic N) is 1. The number of anilines is 1. The summed E-state index contributed by atoms with van der Waals surface area (Å²) in [7, 11) is 0. The summed E-state index contributed by atoms with van der Waals surface area (Å²) >= 11 is 0. The van der Waals surface area contributed by atoms with E-state index in [1.165, 1.54) is 6.07 Å². The summed E-state index contributed by atoms with van der Waals surface area (Å²) in [5.41, 5.74) is 3.79. The second-order valence-corrected chi connectivity index (χ2v) is 4.34. The van der Waals surface area contributed by atoms with Crippen molar-refractivity contribution in [3.05, 3.63) is 29.3 Å².